The second-order valence-corrected chi connectivity index (χ2v) is 3.53. The van der Waals surface area contributed by atoms with Gasteiger partial charge in [-0.3, -0.25) is 4.79 Å². The Labute approximate surface area is 102 Å². The van der Waals surface area contributed by atoms with E-state index < -0.39 is 17.5 Å². The van der Waals surface area contributed by atoms with Crippen LogP contribution in [0.5, 0.6) is 0 Å². The first-order valence-electron chi connectivity index (χ1n) is 5.20. The van der Waals surface area contributed by atoms with Gasteiger partial charge in [-0.25, -0.2) is 8.78 Å². The fourth-order valence-electron chi connectivity index (χ4n) is 1.39. The quantitative estimate of drug-likeness (QED) is 0.368. The van der Waals surface area contributed by atoms with Crippen molar-refractivity contribution in [2.75, 3.05) is 13.1 Å². The number of oxime groups is 1. The Morgan fingerprint density at radius 1 is 1.50 bits per heavy atom. The molecule has 5 nitrogen and oxygen atoms in total. The van der Waals surface area contributed by atoms with Gasteiger partial charge in [0.1, 0.15) is 11.6 Å². The summed E-state index contributed by atoms with van der Waals surface area (Å²) in [5, 5.41) is 11.2. The normalized spacial score (nSPS) is 11.4. The van der Waals surface area contributed by atoms with Crippen molar-refractivity contribution < 1.29 is 18.8 Å². The van der Waals surface area contributed by atoms with E-state index in [1.807, 2.05) is 0 Å². The van der Waals surface area contributed by atoms with Gasteiger partial charge in [0.2, 0.25) is 0 Å². The van der Waals surface area contributed by atoms with Gasteiger partial charge in [0.25, 0.3) is 5.91 Å². The smallest absolute Gasteiger partial charge is 0.257 e. The molecule has 0 saturated heterocycles. The number of halogens is 2. The van der Waals surface area contributed by atoms with E-state index in [2.05, 4.69) is 5.16 Å². The standard InChI is InChI=1S/C11H13F2N3O2/c1-2-16(6-10(14)15-18)11(17)8-4-3-7(12)5-9(8)13/h3-5,18H,2,6H2,1H3,(H2,14,15). The fourth-order valence-corrected chi connectivity index (χ4v) is 1.39. The number of carbonyl (C=O) groups is 1. The lowest BCUT2D eigenvalue weighted by Gasteiger charge is -2.20. The molecular formula is C11H13F2N3O2. The maximum Gasteiger partial charge on any atom is 0.257 e. The molecule has 0 aliphatic carbocycles. The molecule has 1 amide bonds. The Bertz CT molecular complexity index is 477. The van der Waals surface area contributed by atoms with E-state index >= 15 is 0 Å². The maximum absolute atomic E-state index is 13.4. The van der Waals surface area contributed by atoms with Crippen LogP contribution in [0, 0.1) is 11.6 Å². The van der Waals surface area contributed by atoms with Crippen LogP contribution in [0.25, 0.3) is 0 Å². The van der Waals surface area contributed by atoms with Crippen LogP contribution in [-0.4, -0.2) is 34.9 Å². The molecule has 0 unspecified atom stereocenters. The molecule has 0 radical (unpaired) electrons. The van der Waals surface area contributed by atoms with E-state index in [4.69, 9.17) is 10.9 Å². The summed E-state index contributed by atoms with van der Waals surface area (Å²) < 4.78 is 26.1. The van der Waals surface area contributed by atoms with E-state index in [1.54, 1.807) is 6.92 Å². The van der Waals surface area contributed by atoms with E-state index in [-0.39, 0.29) is 24.5 Å². The van der Waals surface area contributed by atoms with Crippen molar-refractivity contribution in [1.29, 1.82) is 0 Å². The molecule has 0 saturated carbocycles. The minimum Gasteiger partial charge on any atom is -0.409 e. The largest absolute Gasteiger partial charge is 0.409 e. The van der Waals surface area contributed by atoms with Crippen LogP contribution in [0.4, 0.5) is 8.78 Å². The molecule has 0 atom stereocenters. The number of nitrogens with two attached hydrogens (primary N) is 1. The predicted octanol–water partition coefficient (Wildman–Crippen LogP) is 1.17. The molecule has 7 heteroatoms. The zero-order chi connectivity index (χ0) is 13.7. The number of nitrogens with zero attached hydrogens (tertiary/aromatic N) is 2. The Morgan fingerprint density at radius 2 is 2.17 bits per heavy atom. The van der Waals surface area contributed by atoms with Crippen LogP contribution in [0.2, 0.25) is 0 Å². The summed E-state index contributed by atoms with van der Waals surface area (Å²) in [7, 11) is 0. The Kier molecular flexibility index (Phi) is 4.59. The van der Waals surface area contributed by atoms with Crippen molar-refractivity contribution in [1.82, 2.24) is 4.90 Å². The topological polar surface area (TPSA) is 78.9 Å². The van der Waals surface area contributed by atoms with Gasteiger partial charge in [0.05, 0.1) is 12.1 Å². The SMILES string of the molecule is CCN(CC(N)=NO)C(=O)c1ccc(F)cc1F. The zero-order valence-corrected chi connectivity index (χ0v) is 9.73. The first-order valence-corrected chi connectivity index (χ1v) is 5.20. The monoisotopic (exact) mass is 257 g/mol. The average molecular weight is 257 g/mol. The molecule has 0 heterocycles. The minimum absolute atomic E-state index is 0.136. The number of benzene rings is 1. The molecule has 0 aliphatic rings. The summed E-state index contributed by atoms with van der Waals surface area (Å²) >= 11 is 0. The molecule has 0 aromatic heterocycles. The third-order valence-electron chi connectivity index (χ3n) is 2.31. The molecule has 0 fully saturated rings. The van der Waals surface area contributed by atoms with Crippen molar-refractivity contribution in [3.8, 4) is 0 Å². The number of amidine groups is 1. The van der Waals surface area contributed by atoms with Gasteiger partial charge < -0.3 is 15.8 Å². The van der Waals surface area contributed by atoms with Crippen LogP contribution in [-0.2, 0) is 0 Å². The number of rotatable bonds is 4. The highest BCUT2D eigenvalue weighted by Gasteiger charge is 2.19. The van der Waals surface area contributed by atoms with E-state index in [0.717, 1.165) is 12.1 Å². The van der Waals surface area contributed by atoms with Crippen LogP contribution in [0.1, 0.15) is 17.3 Å². The summed E-state index contributed by atoms with van der Waals surface area (Å²) in [6, 6.07) is 2.68. The second-order valence-electron chi connectivity index (χ2n) is 3.53. The number of likely N-dealkylation sites (N-methyl/N-ethyl adjacent to an activating group) is 1. The van der Waals surface area contributed by atoms with Crippen molar-refractivity contribution in [2.45, 2.75) is 6.92 Å². The summed E-state index contributed by atoms with van der Waals surface area (Å²) in [5.41, 5.74) is 5.02. The van der Waals surface area contributed by atoms with Crippen LogP contribution >= 0.6 is 0 Å². The van der Waals surface area contributed by atoms with Crippen LogP contribution in [0.15, 0.2) is 23.4 Å². The van der Waals surface area contributed by atoms with Crippen molar-refractivity contribution in [3.05, 3.63) is 35.4 Å². The Hall–Kier alpha value is -2.18. The third-order valence-corrected chi connectivity index (χ3v) is 2.31. The Morgan fingerprint density at radius 3 is 2.67 bits per heavy atom. The molecular weight excluding hydrogens is 244 g/mol. The number of hydrogen-bond donors (Lipinski definition) is 2. The van der Waals surface area contributed by atoms with Gasteiger partial charge in [0, 0.05) is 12.6 Å². The third kappa shape index (κ3) is 3.16. The van der Waals surface area contributed by atoms with Gasteiger partial charge in [-0.1, -0.05) is 5.16 Å². The summed E-state index contributed by atoms with van der Waals surface area (Å²) in [6.45, 7) is 1.76. The molecule has 98 valence electrons. The van der Waals surface area contributed by atoms with Gasteiger partial charge in [-0.15, -0.1) is 0 Å². The molecule has 1 rings (SSSR count). The molecule has 0 aliphatic heterocycles. The number of hydrogen-bond acceptors (Lipinski definition) is 3. The summed E-state index contributed by atoms with van der Waals surface area (Å²) in [6.07, 6.45) is 0. The van der Waals surface area contributed by atoms with Gasteiger partial charge in [0.15, 0.2) is 5.84 Å². The molecule has 1 aromatic rings. The summed E-state index contributed by atoms with van der Waals surface area (Å²) in [4.78, 5) is 13.1. The zero-order valence-electron chi connectivity index (χ0n) is 9.73. The van der Waals surface area contributed by atoms with E-state index in [1.165, 1.54) is 4.90 Å². The lowest BCUT2D eigenvalue weighted by Crippen LogP contribution is -2.38. The molecule has 0 bridgehead atoms. The average Bonchev–Trinajstić information content (AvgIpc) is 2.34. The van der Waals surface area contributed by atoms with Crippen molar-refractivity contribution in [2.24, 2.45) is 10.9 Å². The van der Waals surface area contributed by atoms with Crippen LogP contribution < -0.4 is 5.73 Å². The fraction of sp³-hybridized carbons (Fsp3) is 0.273. The highest BCUT2D eigenvalue weighted by atomic mass is 19.1. The summed E-state index contributed by atoms with van der Waals surface area (Å²) in [5.74, 6) is -2.53. The molecule has 18 heavy (non-hydrogen) atoms. The van der Waals surface area contributed by atoms with Crippen molar-refractivity contribution in [3.63, 3.8) is 0 Å². The maximum atomic E-state index is 13.4. The van der Waals surface area contributed by atoms with E-state index in [0.29, 0.717) is 6.07 Å². The number of carbonyl (C=O) groups excluding carboxylic acids is 1. The highest BCUT2D eigenvalue weighted by molar-refractivity contribution is 5.97. The van der Waals surface area contributed by atoms with Gasteiger partial charge in [-0.2, -0.15) is 0 Å². The number of amides is 1. The lowest BCUT2D eigenvalue weighted by molar-refractivity contribution is 0.0781. The van der Waals surface area contributed by atoms with Crippen molar-refractivity contribution >= 4 is 11.7 Å². The lowest BCUT2D eigenvalue weighted by atomic mass is 10.1. The van der Waals surface area contributed by atoms with Crippen LogP contribution in [0.3, 0.4) is 0 Å². The van der Waals surface area contributed by atoms with Gasteiger partial charge >= 0.3 is 0 Å². The first-order chi connectivity index (χ1) is 8.49. The minimum atomic E-state index is -0.946. The predicted molar refractivity (Wildman–Crippen MR) is 61.3 cm³/mol. The molecule has 0 spiro atoms. The molecule has 3 N–H and O–H groups in total. The second kappa shape index (κ2) is 5.95. The highest BCUT2D eigenvalue weighted by Crippen LogP contribution is 2.12. The van der Waals surface area contributed by atoms with Gasteiger partial charge in [-0.05, 0) is 19.1 Å². The first kappa shape index (κ1) is 13.9. The Balaban J connectivity index is 2.96. The molecule has 1 aromatic carbocycles. The van der Waals surface area contributed by atoms with E-state index in [9.17, 15) is 13.6 Å².